The molecular formula is C11H23NOS. The Kier molecular flexibility index (Phi) is 5.90. The van der Waals surface area contributed by atoms with Crippen molar-refractivity contribution in [2.24, 2.45) is 5.92 Å². The van der Waals surface area contributed by atoms with Crippen LogP contribution in [0.5, 0.6) is 0 Å². The summed E-state index contributed by atoms with van der Waals surface area (Å²) in [6.45, 7) is 4.59. The number of aliphatic hydroxyl groups is 1. The second kappa shape index (κ2) is 6.70. The van der Waals surface area contributed by atoms with Gasteiger partial charge in [-0.2, -0.15) is 11.8 Å². The maximum Gasteiger partial charge on any atom is 0.0546 e. The first-order valence-electron chi connectivity index (χ1n) is 5.66. The van der Waals surface area contributed by atoms with E-state index in [4.69, 9.17) is 5.11 Å². The highest BCUT2D eigenvalue weighted by molar-refractivity contribution is 7.99. The van der Waals surface area contributed by atoms with E-state index >= 15 is 0 Å². The molecule has 0 saturated heterocycles. The molecule has 0 spiro atoms. The molecule has 0 aromatic carbocycles. The van der Waals surface area contributed by atoms with E-state index in [1.807, 2.05) is 11.8 Å². The Morgan fingerprint density at radius 1 is 1.43 bits per heavy atom. The molecule has 1 N–H and O–H groups in total. The minimum absolute atomic E-state index is 0.00375. The summed E-state index contributed by atoms with van der Waals surface area (Å²) >= 11 is 2.02. The molecule has 0 heterocycles. The van der Waals surface area contributed by atoms with Crippen molar-refractivity contribution in [2.45, 2.75) is 32.3 Å². The average Bonchev–Trinajstić information content (AvgIpc) is 2.10. The van der Waals surface area contributed by atoms with Gasteiger partial charge >= 0.3 is 0 Å². The van der Waals surface area contributed by atoms with Crippen molar-refractivity contribution in [3.63, 3.8) is 0 Å². The minimum Gasteiger partial charge on any atom is -0.393 e. The molecular weight excluding hydrogens is 194 g/mol. The molecule has 0 unspecified atom stereocenters. The molecule has 1 rings (SSSR count). The SMILES string of the molecule is CCSCCCN(C)CC1CC(O)C1. The van der Waals surface area contributed by atoms with Gasteiger partial charge in [0, 0.05) is 6.54 Å². The fraction of sp³-hybridized carbons (Fsp3) is 1.00. The first-order valence-corrected chi connectivity index (χ1v) is 6.82. The second-order valence-electron chi connectivity index (χ2n) is 4.30. The first-order chi connectivity index (χ1) is 6.72. The van der Waals surface area contributed by atoms with Crippen molar-refractivity contribution in [1.29, 1.82) is 0 Å². The van der Waals surface area contributed by atoms with E-state index in [1.165, 1.54) is 31.0 Å². The molecule has 14 heavy (non-hydrogen) atoms. The molecule has 0 aromatic rings. The second-order valence-corrected chi connectivity index (χ2v) is 5.70. The number of nitrogens with zero attached hydrogens (tertiary/aromatic N) is 1. The van der Waals surface area contributed by atoms with Crippen LogP contribution in [0, 0.1) is 5.92 Å². The monoisotopic (exact) mass is 217 g/mol. The standard InChI is InChI=1S/C11H23NOS/c1-3-14-6-4-5-12(2)9-10-7-11(13)8-10/h10-11,13H,3-9H2,1-2H3. The summed E-state index contributed by atoms with van der Waals surface area (Å²) < 4.78 is 0. The fourth-order valence-electron chi connectivity index (χ4n) is 1.96. The Bertz CT molecular complexity index is 148. The molecule has 1 saturated carbocycles. The normalized spacial score (nSPS) is 26.6. The molecule has 84 valence electrons. The van der Waals surface area contributed by atoms with Gasteiger partial charge < -0.3 is 10.0 Å². The highest BCUT2D eigenvalue weighted by atomic mass is 32.2. The quantitative estimate of drug-likeness (QED) is 0.658. The van der Waals surface area contributed by atoms with Crippen LogP contribution >= 0.6 is 11.8 Å². The van der Waals surface area contributed by atoms with E-state index < -0.39 is 0 Å². The van der Waals surface area contributed by atoms with Crippen LogP contribution in [0.4, 0.5) is 0 Å². The largest absolute Gasteiger partial charge is 0.393 e. The lowest BCUT2D eigenvalue weighted by Gasteiger charge is -2.34. The van der Waals surface area contributed by atoms with E-state index in [1.54, 1.807) is 0 Å². The molecule has 0 bridgehead atoms. The lowest BCUT2D eigenvalue weighted by molar-refractivity contribution is 0.0284. The molecule has 1 fully saturated rings. The average molecular weight is 217 g/mol. The smallest absolute Gasteiger partial charge is 0.0546 e. The molecule has 1 aliphatic carbocycles. The summed E-state index contributed by atoms with van der Waals surface area (Å²) in [7, 11) is 2.20. The van der Waals surface area contributed by atoms with Crippen molar-refractivity contribution >= 4 is 11.8 Å². The zero-order valence-corrected chi connectivity index (χ0v) is 10.2. The summed E-state index contributed by atoms with van der Waals surface area (Å²) in [5.41, 5.74) is 0. The molecule has 3 heteroatoms. The maximum absolute atomic E-state index is 9.16. The van der Waals surface area contributed by atoms with Gasteiger partial charge in [0.1, 0.15) is 0 Å². The molecule has 0 aromatic heterocycles. The fourth-order valence-corrected chi connectivity index (χ4v) is 2.58. The number of rotatable bonds is 7. The van der Waals surface area contributed by atoms with Crippen LogP contribution in [0.15, 0.2) is 0 Å². The van der Waals surface area contributed by atoms with Gasteiger partial charge in [-0.05, 0) is 50.3 Å². The van der Waals surface area contributed by atoms with Crippen molar-refractivity contribution < 1.29 is 5.11 Å². The molecule has 0 amide bonds. The third kappa shape index (κ3) is 4.67. The Balaban J connectivity index is 1.91. The third-order valence-corrected chi connectivity index (χ3v) is 3.80. The summed E-state index contributed by atoms with van der Waals surface area (Å²) in [5, 5.41) is 9.16. The van der Waals surface area contributed by atoms with Gasteiger partial charge in [0.15, 0.2) is 0 Å². The van der Waals surface area contributed by atoms with Crippen LogP contribution in [0.2, 0.25) is 0 Å². The lowest BCUT2D eigenvalue weighted by atomic mass is 9.82. The Hall–Kier alpha value is 0.270. The summed E-state index contributed by atoms with van der Waals surface area (Å²) in [5.74, 6) is 3.28. The zero-order valence-electron chi connectivity index (χ0n) is 9.41. The molecule has 0 radical (unpaired) electrons. The minimum atomic E-state index is 0.00375. The van der Waals surface area contributed by atoms with Crippen molar-refractivity contribution in [3.8, 4) is 0 Å². The predicted octanol–water partition coefficient (Wildman–Crippen LogP) is 1.83. The van der Waals surface area contributed by atoms with Crippen LogP contribution in [-0.4, -0.2) is 47.8 Å². The van der Waals surface area contributed by atoms with Gasteiger partial charge in [-0.25, -0.2) is 0 Å². The van der Waals surface area contributed by atoms with Crippen LogP contribution in [0.25, 0.3) is 0 Å². The predicted molar refractivity (Wildman–Crippen MR) is 63.8 cm³/mol. The molecule has 0 atom stereocenters. The summed E-state index contributed by atoms with van der Waals surface area (Å²) in [4.78, 5) is 2.41. The summed E-state index contributed by atoms with van der Waals surface area (Å²) in [6, 6.07) is 0. The molecule has 0 aliphatic heterocycles. The van der Waals surface area contributed by atoms with E-state index in [0.29, 0.717) is 0 Å². The van der Waals surface area contributed by atoms with Gasteiger partial charge in [0.25, 0.3) is 0 Å². The number of aliphatic hydroxyl groups excluding tert-OH is 1. The van der Waals surface area contributed by atoms with Crippen LogP contribution in [0.1, 0.15) is 26.2 Å². The molecule has 2 nitrogen and oxygen atoms in total. The van der Waals surface area contributed by atoms with Crippen molar-refractivity contribution in [1.82, 2.24) is 4.90 Å². The molecule has 1 aliphatic rings. The first kappa shape index (κ1) is 12.3. The van der Waals surface area contributed by atoms with Gasteiger partial charge in [-0.15, -0.1) is 0 Å². The highest BCUT2D eigenvalue weighted by Gasteiger charge is 2.27. The van der Waals surface area contributed by atoms with Crippen LogP contribution in [-0.2, 0) is 0 Å². The number of thioether (sulfide) groups is 1. The van der Waals surface area contributed by atoms with E-state index in [-0.39, 0.29) is 6.10 Å². The maximum atomic E-state index is 9.16. The van der Waals surface area contributed by atoms with Gasteiger partial charge in [0.05, 0.1) is 6.10 Å². The number of hydrogen-bond donors (Lipinski definition) is 1. The van der Waals surface area contributed by atoms with Crippen LogP contribution in [0.3, 0.4) is 0 Å². The van der Waals surface area contributed by atoms with Gasteiger partial charge in [-0.1, -0.05) is 6.92 Å². The van der Waals surface area contributed by atoms with E-state index in [2.05, 4.69) is 18.9 Å². The zero-order chi connectivity index (χ0) is 10.4. The Morgan fingerprint density at radius 3 is 2.71 bits per heavy atom. The topological polar surface area (TPSA) is 23.5 Å². The van der Waals surface area contributed by atoms with Crippen molar-refractivity contribution in [3.05, 3.63) is 0 Å². The summed E-state index contributed by atoms with van der Waals surface area (Å²) in [6.07, 6.45) is 3.34. The van der Waals surface area contributed by atoms with Gasteiger partial charge in [-0.3, -0.25) is 0 Å². The number of hydrogen-bond acceptors (Lipinski definition) is 3. The van der Waals surface area contributed by atoms with Gasteiger partial charge in [0.2, 0.25) is 0 Å². The Labute approximate surface area is 92.1 Å². The highest BCUT2D eigenvalue weighted by Crippen LogP contribution is 2.27. The van der Waals surface area contributed by atoms with Crippen LogP contribution < -0.4 is 0 Å². The lowest BCUT2D eigenvalue weighted by Crippen LogP contribution is -2.37. The Morgan fingerprint density at radius 2 is 2.14 bits per heavy atom. The van der Waals surface area contributed by atoms with E-state index in [0.717, 1.165) is 18.8 Å². The van der Waals surface area contributed by atoms with Crippen molar-refractivity contribution in [2.75, 3.05) is 31.6 Å². The third-order valence-electron chi connectivity index (χ3n) is 2.81. The van der Waals surface area contributed by atoms with E-state index in [9.17, 15) is 0 Å².